The Hall–Kier alpha value is -1.90. The molecular weight excluding hydrogens is 212 g/mol. The minimum atomic E-state index is 0.453. The molecule has 0 N–H and O–H groups in total. The summed E-state index contributed by atoms with van der Waals surface area (Å²) in [6.07, 6.45) is 3.62. The van der Waals surface area contributed by atoms with Crippen LogP contribution in [0.5, 0.6) is 5.88 Å². The van der Waals surface area contributed by atoms with E-state index in [1.807, 2.05) is 36.5 Å². The van der Waals surface area contributed by atoms with Crippen molar-refractivity contribution < 1.29 is 4.74 Å². The fraction of sp³-hybridized carbons (Fsp3) is 0.286. The molecule has 0 amide bonds. The van der Waals surface area contributed by atoms with E-state index in [1.165, 1.54) is 5.56 Å². The summed E-state index contributed by atoms with van der Waals surface area (Å²) in [5, 5.41) is 0. The average molecular weight is 228 g/mol. The smallest absolute Gasteiger partial charge is 0.213 e. The minimum absolute atomic E-state index is 0.453. The monoisotopic (exact) mass is 228 g/mol. The Morgan fingerprint density at radius 1 is 1.12 bits per heavy atom. The van der Waals surface area contributed by atoms with Crippen LogP contribution in [0, 0.1) is 0 Å². The molecule has 0 saturated heterocycles. The molecule has 0 aromatic carbocycles. The number of ether oxygens (including phenoxy) is 1. The molecule has 2 aromatic heterocycles. The number of hydrogen-bond acceptors (Lipinski definition) is 3. The fourth-order valence-electron chi connectivity index (χ4n) is 1.45. The van der Waals surface area contributed by atoms with Crippen molar-refractivity contribution in [1.29, 1.82) is 0 Å². The van der Waals surface area contributed by atoms with Gasteiger partial charge in [0.05, 0.1) is 5.69 Å². The molecule has 0 fully saturated rings. The van der Waals surface area contributed by atoms with E-state index in [0.717, 1.165) is 5.69 Å². The van der Waals surface area contributed by atoms with Crippen LogP contribution in [0.15, 0.2) is 42.7 Å². The number of pyridine rings is 2. The van der Waals surface area contributed by atoms with E-state index in [1.54, 1.807) is 6.20 Å². The van der Waals surface area contributed by atoms with Crippen molar-refractivity contribution in [3.8, 4) is 5.88 Å². The first kappa shape index (κ1) is 11.6. The zero-order valence-corrected chi connectivity index (χ0v) is 10.1. The van der Waals surface area contributed by atoms with Crippen molar-refractivity contribution >= 4 is 0 Å². The third kappa shape index (κ3) is 3.28. The van der Waals surface area contributed by atoms with Gasteiger partial charge in [0.15, 0.2) is 0 Å². The second kappa shape index (κ2) is 5.43. The Morgan fingerprint density at radius 3 is 2.59 bits per heavy atom. The molecule has 0 bridgehead atoms. The van der Waals surface area contributed by atoms with Gasteiger partial charge in [-0.1, -0.05) is 26.0 Å². The summed E-state index contributed by atoms with van der Waals surface area (Å²) in [6.45, 7) is 4.74. The van der Waals surface area contributed by atoms with Crippen LogP contribution in [-0.4, -0.2) is 9.97 Å². The summed E-state index contributed by atoms with van der Waals surface area (Å²) in [5.74, 6) is 1.13. The zero-order valence-electron chi connectivity index (χ0n) is 10.1. The van der Waals surface area contributed by atoms with Crippen LogP contribution in [0.25, 0.3) is 0 Å². The first-order valence-electron chi connectivity index (χ1n) is 5.74. The molecule has 0 unspecified atom stereocenters. The van der Waals surface area contributed by atoms with Gasteiger partial charge in [0.1, 0.15) is 6.61 Å². The van der Waals surface area contributed by atoms with Crippen molar-refractivity contribution in [1.82, 2.24) is 9.97 Å². The van der Waals surface area contributed by atoms with Crippen molar-refractivity contribution in [2.75, 3.05) is 0 Å². The van der Waals surface area contributed by atoms with Crippen molar-refractivity contribution in [2.24, 2.45) is 0 Å². The van der Waals surface area contributed by atoms with Gasteiger partial charge in [-0.25, -0.2) is 4.98 Å². The van der Waals surface area contributed by atoms with E-state index in [-0.39, 0.29) is 0 Å². The van der Waals surface area contributed by atoms with Gasteiger partial charge in [0.2, 0.25) is 5.88 Å². The largest absolute Gasteiger partial charge is 0.471 e. The summed E-state index contributed by atoms with van der Waals surface area (Å²) < 4.78 is 5.55. The Kier molecular flexibility index (Phi) is 3.70. The molecule has 0 aliphatic carbocycles. The van der Waals surface area contributed by atoms with Gasteiger partial charge in [-0.05, 0) is 23.6 Å². The number of aromatic nitrogens is 2. The number of rotatable bonds is 4. The van der Waals surface area contributed by atoms with Crippen LogP contribution in [0.4, 0.5) is 0 Å². The summed E-state index contributed by atoms with van der Waals surface area (Å²) in [5.41, 5.74) is 2.12. The van der Waals surface area contributed by atoms with Crippen LogP contribution >= 0.6 is 0 Å². The minimum Gasteiger partial charge on any atom is -0.471 e. The zero-order chi connectivity index (χ0) is 12.1. The highest BCUT2D eigenvalue weighted by atomic mass is 16.5. The van der Waals surface area contributed by atoms with Crippen LogP contribution in [0.2, 0.25) is 0 Å². The van der Waals surface area contributed by atoms with Gasteiger partial charge < -0.3 is 4.74 Å². The Labute approximate surface area is 102 Å². The molecule has 2 rings (SSSR count). The van der Waals surface area contributed by atoms with Gasteiger partial charge in [-0.15, -0.1) is 0 Å². The molecule has 2 aromatic rings. The number of hydrogen-bond donors (Lipinski definition) is 0. The second-order valence-electron chi connectivity index (χ2n) is 4.19. The Bertz CT molecular complexity index is 451. The lowest BCUT2D eigenvalue weighted by Gasteiger charge is -2.07. The molecule has 0 saturated carbocycles. The first-order valence-corrected chi connectivity index (χ1v) is 5.74. The van der Waals surface area contributed by atoms with Gasteiger partial charge in [0, 0.05) is 18.5 Å². The Balaban J connectivity index is 1.96. The molecule has 0 aliphatic heterocycles. The quantitative estimate of drug-likeness (QED) is 0.806. The maximum absolute atomic E-state index is 5.55. The molecule has 3 nitrogen and oxygen atoms in total. The van der Waals surface area contributed by atoms with Gasteiger partial charge in [-0.2, -0.15) is 0 Å². The van der Waals surface area contributed by atoms with Crippen LogP contribution in [-0.2, 0) is 6.61 Å². The van der Waals surface area contributed by atoms with E-state index < -0.39 is 0 Å². The van der Waals surface area contributed by atoms with Crippen molar-refractivity contribution in [2.45, 2.75) is 26.4 Å². The van der Waals surface area contributed by atoms with E-state index in [2.05, 4.69) is 23.8 Å². The lowest BCUT2D eigenvalue weighted by atomic mass is 10.1. The van der Waals surface area contributed by atoms with E-state index in [0.29, 0.717) is 18.4 Å². The normalized spacial score (nSPS) is 10.5. The highest BCUT2D eigenvalue weighted by Gasteiger charge is 2.01. The maximum Gasteiger partial charge on any atom is 0.213 e. The standard InChI is InChI=1S/C14H16N2O/c1-11(2)12-6-7-14(16-9-12)17-10-13-5-3-4-8-15-13/h3-9,11H,10H2,1-2H3. The lowest BCUT2D eigenvalue weighted by Crippen LogP contribution is -1.99. The lowest BCUT2D eigenvalue weighted by molar-refractivity contribution is 0.289. The summed E-state index contributed by atoms with van der Waals surface area (Å²) in [7, 11) is 0. The van der Waals surface area contributed by atoms with Crippen LogP contribution < -0.4 is 4.74 Å². The molecule has 17 heavy (non-hydrogen) atoms. The third-order valence-corrected chi connectivity index (χ3v) is 2.52. The molecule has 88 valence electrons. The topological polar surface area (TPSA) is 35.0 Å². The first-order chi connectivity index (χ1) is 8.25. The van der Waals surface area contributed by atoms with E-state index >= 15 is 0 Å². The predicted molar refractivity (Wildman–Crippen MR) is 66.9 cm³/mol. The average Bonchev–Trinajstić information content (AvgIpc) is 2.38. The SMILES string of the molecule is CC(C)c1ccc(OCc2ccccn2)nc1. The summed E-state index contributed by atoms with van der Waals surface area (Å²) in [4.78, 5) is 8.45. The Morgan fingerprint density at radius 2 is 2.00 bits per heavy atom. The summed E-state index contributed by atoms with van der Waals surface area (Å²) in [6, 6.07) is 9.71. The third-order valence-electron chi connectivity index (χ3n) is 2.52. The van der Waals surface area contributed by atoms with Crippen molar-refractivity contribution in [3.05, 3.63) is 54.0 Å². The molecule has 3 heteroatoms. The fourth-order valence-corrected chi connectivity index (χ4v) is 1.45. The second-order valence-corrected chi connectivity index (χ2v) is 4.19. The van der Waals surface area contributed by atoms with E-state index in [9.17, 15) is 0 Å². The molecule has 2 heterocycles. The molecular formula is C14H16N2O. The van der Waals surface area contributed by atoms with Gasteiger partial charge in [0.25, 0.3) is 0 Å². The molecule has 0 radical (unpaired) electrons. The molecule has 0 atom stereocenters. The van der Waals surface area contributed by atoms with Gasteiger partial charge in [-0.3, -0.25) is 4.98 Å². The highest BCUT2D eigenvalue weighted by molar-refractivity contribution is 5.20. The predicted octanol–water partition coefficient (Wildman–Crippen LogP) is 3.18. The number of nitrogens with zero attached hydrogens (tertiary/aromatic N) is 2. The maximum atomic E-state index is 5.55. The van der Waals surface area contributed by atoms with E-state index in [4.69, 9.17) is 4.74 Å². The molecule has 0 spiro atoms. The molecule has 0 aliphatic rings. The van der Waals surface area contributed by atoms with Crippen molar-refractivity contribution in [3.63, 3.8) is 0 Å². The highest BCUT2D eigenvalue weighted by Crippen LogP contribution is 2.16. The van der Waals surface area contributed by atoms with Crippen LogP contribution in [0.1, 0.15) is 31.0 Å². The van der Waals surface area contributed by atoms with Gasteiger partial charge >= 0.3 is 0 Å². The van der Waals surface area contributed by atoms with Crippen LogP contribution in [0.3, 0.4) is 0 Å². The summed E-state index contributed by atoms with van der Waals surface area (Å²) >= 11 is 0.